The van der Waals surface area contributed by atoms with Crippen LogP contribution in [0, 0.1) is 0 Å². The fraction of sp³-hybridized carbons (Fsp3) is 0.400. The zero-order chi connectivity index (χ0) is 12.4. The maximum atomic E-state index is 11.8. The smallest absolute Gasteiger partial charge is 0.287 e. The van der Waals surface area contributed by atoms with Crippen molar-refractivity contribution in [2.75, 3.05) is 7.11 Å². The van der Waals surface area contributed by atoms with Gasteiger partial charge in [0.15, 0.2) is 0 Å². The van der Waals surface area contributed by atoms with Gasteiger partial charge < -0.3 is 8.61 Å². The summed E-state index contributed by atoms with van der Waals surface area (Å²) >= 11 is 0. The van der Waals surface area contributed by atoms with Crippen molar-refractivity contribution < 1.29 is 17.0 Å². The summed E-state index contributed by atoms with van der Waals surface area (Å²) in [6.45, 7) is 5.48. The summed E-state index contributed by atoms with van der Waals surface area (Å²) in [7, 11) is -4.22. The van der Waals surface area contributed by atoms with Crippen LogP contribution >= 0.6 is 0 Å². The average molecular weight is 260 g/mol. The highest BCUT2D eigenvalue weighted by molar-refractivity contribution is 7.87. The minimum Gasteiger partial charge on any atom is -0.497 e. The van der Waals surface area contributed by atoms with Crippen LogP contribution in [0.1, 0.15) is 0 Å². The van der Waals surface area contributed by atoms with E-state index in [4.69, 9.17) is 8.61 Å². The van der Waals surface area contributed by atoms with Gasteiger partial charge >= 0.3 is 0 Å². The van der Waals surface area contributed by atoms with Gasteiger partial charge in [0.05, 0.1) is 12.0 Å². The molecule has 0 spiro atoms. The molecule has 1 aromatic carbocycles. The van der Waals surface area contributed by atoms with E-state index in [1.807, 2.05) is 19.6 Å². The molecule has 4 nitrogen and oxygen atoms in total. The third-order valence-electron chi connectivity index (χ3n) is 1.71. The van der Waals surface area contributed by atoms with Gasteiger partial charge in [0.25, 0.3) is 10.1 Å². The third-order valence-corrected chi connectivity index (χ3v) is 5.43. The number of hydrogen-bond acceptors (Lipinski definition) is 4. The van der Waals surface area contributed by atoms with Crippen molar-refractivity contribution in [3.8, 4) is 5.75 Å². The van der Waals surface area contributed by atoms with Gasteiger partial charge in [0, 0.05) is 0 Å². The fourth-order valence-electron chi connectivity index (χ4n) is 1.12. The van der Waals surface area contributed by atoms with Crippen LogP contribution in [-0.2, 0) is 14.0 Å². The standard InChI is InChI=1S/C10H16O4SSi/c1-13-9-5-7-10(8-6-9)15(11,12)14-16(2,3)4/h5-8H,1-4H3. The second-order valence-electron chi connectivity index (χ2n) is 4.33. The normalized spacial score (nSPS) is 12.5. The number of benzene rings is 1. The van der Waals surface area contributed by atoms with Crippen LogP contribution in [0.25, 0.3) is 0 Å². The van der Waals surface area contributed by atoms with Gasteiger partial charge in [-0.25, -0.2) is 0 Å². The Hall–Kier alpha value is -0.853. The first-order chi connectivity index (χ1) is 7.24. The lowest BCUT2D eigenvalue weighted by Gasteiger charge is -2.16. The fourth-order valence-corrected chi connectivity index (χ4v) is 4.61. The Balaban J connectivity index is 2.99. The lowest BCUT2D eigenvalue weighted by Crippen LogP contribution is -2.29. The van der Waals surface area contributed by atoms with E-state index in [0.29, 0.717) is 5.75 Å². The molecule has 0 saturated carbocycles. The second-order valence-corrected chi connectivity index (χ2v) is 10.6. The Morgan fingerprint density at radius 1 is 1.06 bits per heavy atom. The molecule has 0 N–H and O–H groups in total. The van der Waals surface area contributed by atoms with Crippen LogP contribution in [0.15, 0.2) is 29.2 Å². The van der Waals surface area contributed by atoms with Crippen molar-refractivity contribution in [1.82, 2.24) is 0 Å². The molecule has 0 saturated heterocycles. The number of rotatable bonds is 4. The molecule has 0 unspecified atom stereocenters. The highest BCUT2D eigenvalue weighted by Crippen LogP contribution is 2.20. The molecule has 0 aromatic heterocycles. The van der Waals surface area contributed by atoms with E-state index in [9.17, 15) is 8.42 Å². The summed E-state index contributed by atoms with van der Waals surface area (Å²) in [4.78, 5) is 0.163. The summed E-state index contributed by atoms with van der Waals surface area (Å²) in [5.74, 6) is 0.618. The van der Waals surface area contributed by atoms with Crippen LogP contribution in [0.4, 0.5) is 0 Å². The predicted octanol–water partition coefficient (Wildman–Crippen LogP) is 2.24. The van der Waals surface area contributed by atoms with Crippen molar-refractivity contribution in [2.24, 2.45) is 0 Å². The number of methoxy groups -OCH3 is 1. The Morgan fingerprint density at radius 2 is 1.56 bits per heavy atom. The number of hydrogen-bond donors (Lipinski definition) is 0. The van der Waals surface area contributed by atoms with Gasteiger partial charge in [-0.1, -0.05) is 0 Å². The topological polar surface area (TPSA) is 52.6 Å². The molecule has 1 aromatic rings. The van der Waals surface area contributed by atoms with Gasteiger partial charge in [-0.05, 0) is 43.9 Å². The van der Waals surface area contributed by atoms with E-state index in [2.05, 4.69) is 0 Å². The summed E-state index contributed by atoms with van der Waals surface area (Å²) < 4.78 is 33.7. The lowest BCUT2D eigenvalue weighted by atomic mass is 10.3. The molecule has 0 heterocycles. The maximum Gasteiger partial charge on any atom is 0.287 e. The minimum atomic E-state index is -3.64. The van der Waals surface area contributed by atoms with Crippen LogP contribution in [0.5, 0.6) is 5.75 Å². The molecule has 0 aliphatic rings. The predicted molar refractivity (Wildman–Crippen MR) is 64.6 cm³/mol. The first kappa shape index (κ1) is 13.2. The molecular weight excluding hydrogens is 244 g/mol. The Labute approximate surface area is 97.5 Å². The first-order valence-corrected chi connectivity index (χ1v) is 9.66. The van der Waals surface area contributed by atoms with E-state index in [1.165, 1.54) is 19.2 Å². The van der Waals surface area contributed by atoms with Crippen molar-refractivity contribution >= 4 is 18.4 Å². The number of ether oxygens (including phenoxy) is 1. The summed E-state index contributed by atoms with van der Waals surface area (Å²) in [5.41, 5.74) is 0. The van der Waals surface area contributed by atoms with Crippen LogP contribution < -0.4 is 4.74 Å². The molecular formula is C10H16O4SSi. The molecule has 0 bridgehead atoms. The van der Waals surface area contributed by atoms with E-state index in [-0.39, 0.29) is 4.90 Å². The van der Waals surface area contributed by atoms with E-state index < -0.39 is 18.4 Å². The van der Waals surface area contributed by atoms with Crippen LogP contribution in [0.2, 0.25) is 19.6 Å². The van der Waals surface area contributed by atoms with E-state index in [1.54, 1.807) is 12.1 Å². The van der Waals surface area contributed by atoms with Gasteiger partial charge in [-0.2, -0.15) is 8.42 Å². The summed E-state index contributed by atoms with van der Waals surface area (Å²) in [5, 5.41) is 0. The monoisotopic (exact) mass is 260 g/mol. The zero-order valence-electron chi connectivity index (χ0n) is 9.85. The summed E-state index contributed by atoms with van der Waals surface area (Å²) in [6, 6.07) is 6.16. The Kier molecular flexibility index (Phi) is 3.77. The van der Waals surface area contributed by atoms with Crippen molar-refractivity contribution in [3.63, 3.8) is 0 Å². The van der Waals surface area contributed by atoms with Crippen molar-refractivity contribution in [2.45, 2.75) is 24.5 Å². The molecule has 0 aliphatic carbocycles. The molecule has 16 heavy (non-hydrogen) atoms. The molecule has 90 valence electrons. The van der Waals surface area contributed by atoms with Gasteiger partial charge in [0.1, 0.15) is 5.75 Å². The Bertz CT molecular complexity index is 445. The van der Waals surface area contributed by atoms with E-state index in [0.717, 1.165) is 0 Å². The maximum absolute atomic E-state index is 11.8. The van der Waals surface area contributed by atoms with E-state index >= 15 is 0 Å². The molecule has 6 heteroatoms. The molecule has 1 rings (SSSR count). The molecule has 0 atom stereocenters. The molecule has 0 amide bonds. The van der Waals surface area contributed by atoms with Gasteiger partial charge in [-0.15, -0.1) is 0 Å². The summed E-state index contributed by atoms with van der Waals surface area (Å²) in [6.07, 6.45) is 0. The molecule has 0 aliphatic heterocycles. The highest BCUT2D eigenvalue weighted by Gasteiger charge is 2.25. The minimum absolute atomic E-state index is 0.163. The van der Waals surface area contributed by atoms with Crippen LogP contribution in [0.3, 0.4) is 0 Å². The van der Waals surface area contributed by atoms with Crippen LogP contribution in [-0.4, -0.2) is 23.8 Å². The van der Waals surface area contributed by atoms with Crippen molar-refractivity contribution in [3.05, 3.63) is 24.3 Å². The molecule has 0 radical (unpaired) electrons. The first-order valence-electron chi connectivity index (χ1n) is 4.84. The Morgan fingerprint density at radius 3 is 1.94 bits per heavy atom. The van der Waals surface area contributed by atoms with Gasteiger partial charge in [0.2, 0.25) is 8.32 Å². The average Bonchev–Trinajstić information content (AvgIpc) is 2.14. The highest BCUT2D eigenvalue weighted by atomic mass is 32.2. The quantitative estimate of drug-likeness (QED) is 0.779. The van der Waals surface area contributed by atoms with Crippen molar-refractivity contribution in [1.29, 1.82) is 0 Å². The lowest BCUT2D eigenvalue weighted by molar-refractivity contribution is 0.414. The SMILES string of the molecule is COc1ccc(S(=O)(=O)O[Si](C)(C)C)cc1. The second kappa shape index (κ2) is 4.56. The zero-order valence-corrected chi connectivity index (χ0v) is 11.7. The molecule has 0 fully saturated rings. The third kappa shape index (κ3) is 3.62. The largest absolute Gasteiger partial charge is 0.497 e. The van der Waals surface area contributed by atoms with Gasteiger partial charge in [-0.3, -0.25) is 0 Å².